The topological polar surface area (TPSA) is 49.7 Å². The molecule has 0 aromatic carbocycles. The fourth-order valence-electron chi connectivity index (χ4n) is 2.53. The van der Waals surface area contributed by atoms with E-state index in [4.69, 9.17) is 4.74 Å². The van der Waals surface area contributed by atoms with E-state index in [1.54, 1.807) is 0 Å². The Labute approximate surface area is 84.4 Å². The minimum Gasteiger partial charge on any atom is -0.396 e. The lowest BCUT2D eigenvalue weighted by atomic mass is 9.69. The van der Waals surface area contributed by atoms with Crippen molar-refractivity contribution < 1.29 is 14.9 Å². The third kappa shape index (κ3) is 1.60. The molecule has 1 saturated heterocycles. The molecule has 0 aromatic rings. The Morgan fingerprint density at radius 3 is 3.14 bits per heavy atom. The second-order valence-corrected chi connectivity index (χ2v) is 4.65. The van der Waals surface area contributed by atoms with E-state index >= 15 is 0 Å². The Balaban J connectivity index is 2.22. The van der Waals surface area contributed by atoms with E-state index in [2.05, 4.69) is 13.0 Å². The van der Waals surface area contributed by atoms with Gasteiger partial charge in [0.15, 0.2) is 0 Å². The molecule has 2 aliphatic rings. The predicted octanol–water partition coefficient (Wildman–Crippen LogP) is 0.855. The van der Waals surface area contributed by atoms with Gasteiger partial charge in [-0.05, 0) is 26.2 Å². The van der Waals surface area contributed by atoms with Gasteiger partial charge in [-0.25, -0.2) is 0 Å². The Hall–Kier alpha value is -0.380. The highest BCUT2D eigenvalue weighted by atomic mass is 16.5. The first-order valence-electron chi connectivity index (χ1n) is 5.24. The summed E-state index contributed by atoms with van der Waals surface area (Å²) in [4.78, 5) is 0. The second-order valence-electron chi connectivity index (χ2n) is 4.65. The molecule has 1 aliphatic heterocycles. The van der Waals surface area contributed by atoms with Crippen molar-refractivity contribution in [3.05, 3.63) is 11.6 Å². The van der Waals surface area contributed by atoms with Crippen LogP contribution in [0.4, 0.5) is 0 Å². The Kier molecular flexibility index (Phi) is 2.64. The lowest BCUT2D eigenvalue weighted by Crippen LogP contribution is -2.49. The van der Waals surface area contributed by atoms with E-state index in [-0.39, 0.29) is 18.1 Å². The summed E-state index contributed by atoms with van der Waals surface area (Å²) in [5.41, 5.74) is 1.10. The van der Waals surface area contributed by atoms with Crippen molar-refractivity contribution in [3.63, 3.8) is 0 Å². The van der Waals surface area contributed by atoms with Crippen LogP contribution in [-0.2, 0) is 4.74 Å². The second kappa shape index (κ2) is 3.65. The molecule has 3 atom stereocenters. The molecule has 3 unspecified atom stereocenters. The fourth-order valence-corrected chi connectivity index (χ4v) is 2.53. The first kappa shape index (κ1) is 10.1. The summed E-state index contributed by atoms with van der Waals surface area (Å²) in [6.07, 6.45) is 4.29. The van der Waals surface area contributed by atoms with E-state index in [1.807, 2.05) is 0 Å². The first-order chi connectivity index (χ1) is 6.66. The zero-order chi connectivity index (χ0) is 10.2. The largest absolute Gasteiger partial charge is 0.396 e. The van der Waals surface area contributed by atoms with E-state index in [0.29, 0.717) is 13.0 Å². The normalized spacial score (nSPS) is 42.9. The SMILES string of the molecule is CC1=CC2OCC(O)CC2(CO)CC1. The average Bonchev–Trinajstić information content (AvgIpc) is 2.19. The maximum Gasteiger partial charge on any atom is 0.0838 e. The van der Waals surface area contributed by atoms with Crippen molar-refractivity contribution in [1.82, 2.24) is 0 Å². The number of rotatable bonds is 1. The van der Waals surface area contributed by atoms with Gasteiger partial charge in [0.1, 0.15) is 0 Å². The summed E-state index contributed by atoms with van der Waals surface area (Å²) < 4.78 is 5.57. The minimum absolute atomic E-state index is 0.00431. The quantitative estimate of drug-likeness (QED) is 0.614. The van der Waals surface area contributed by atoms with E-state index in [0.717, 1.165) is 12.8 Å². The molecule has 2 N–H and O–H groups in total. The van der Waals surface area contributed by atoms with Gasteiger partial charge in [-0.2, -0.15) is 0 Å². The number of hydrogen-bond acceptors (Lipinski definition) is 3. The molecule has 2 rings (SSSR count). The van der Waals surface area contributed by atoms with Gasteiger partial charge in [-0.3, -0.25) is 0 Å². The highest BCUT2D eigenvalue weighted by molar-refractivity contribution is 5.14. The van der Waals surface area contributed by atoms with Gasteiger partial charge in [0.2, 0.25) is 0 Å². The van der Waals surface area contributed by atoms with Gasteiger partial charge in [-0.1, -0.05) is 11.6 Å². The molecule has 3 nitrogen and oxygen atoms in total. The first-order valence-corrected chi connectivity index (χ1v) is 5.24. The van der Waals surface area contributed by atoms with Gasteiger partial charge in [0.25, 0.3) is 0 Å². The van der Waals surface area contributed by atoms with Gasteiger partial charge in [0.05, 0.1) is 25.4 Å². The van der Waals surface area contributed by atoms with Crippen molar-refractivity contribution in [2.24, 2.45) is 5.41 Å². The summed E-state index contributed by atoms with van der Waals surface area (Å²) in [5.74, 6) is 0. The van der Waals surface area contributed by atoms with Crippen molar-refractivity contribution in [1.29, 1.82) is 0 Å². The summed E-state index contributed by atoms with van der Waals surface area (Å²) in [5, 5.41) is 19.0. The molecule has 3 heteroatoms. The molecule has 0 aromatic heterocycles. The number of ether oxygens (including phenoxy) is 1. The zero-order valence-corrected chi connectivity index (χ0v) is 8.57. The molecule has 1 aliphatic carbocycles. The van der Waals surface area contributed by atoms with E-state index < -0.39 is 6.10 Å². The van der Waals surface area contributed by atoms with Crippen LogP contribution in [0.1, 0.15) is 26.2 Å². The molecule has 14 heavy (non-hydrogen) atoms. The van der Waals surface area contributed by atoms with Crippen LogP contribution >= 0.6 is 0 Å². The highest BCUT2D eigenvalue weighted by Gasteiger charge is 2.44. The molecule has 0 saturated carbocycles. The van der Waals surface area contributed by atoms with Crippen LogP contribution in [0.3, 0.4) is 0 Å². The number of fused-ring (bicyclic) bond motifs is 1. The Bertz CT molecular complexity index is 249. The molecular weight excluding hydrogens is 180 g/mol. The molecule has 0 amide bonds. The van der Waals surface area contributed by atoms with Gasteiger partial charge < -0.3 is 14.9 Å². The van der Waals surface area contributed by atoms with E-state index in [9.17, 15) is 10.2 Å². The number of aliphatic hydroxyl groups excluding tert-OH is 2. The predicted molar refractivity (Wildman–Crippen MR) is 52.9 cm³/mol. The molecular formula is C11H18O3. The minimum atomic E-state index is -0.412. The third-order valence-corrected chi connectivity index (χ3v) is 3.48. The van der Waals surface area contributed by atoms with Crippen molar-refractivity contribution >= 4 is 0 Å². The van der Waals surface area contributed by atoms with Crippen molar-refractivity contribution in [3.8, 4) is 0 Å². The van der Waals surface area contributed by atoms with Crippen molar-refractivity contribution in [2.45, 2.75) is 38.4 Å². The molecule has 80 valence electrons. The van der Waals surface area contributed by atoms with Gasteiger partial charge in [0, 0.05) is 5.41 Å². The van der Waals surface area contributed by atoms with Crippen LogP contribution in [0.25, 0.3) is 0 Å². The molecule has 1 heterocycles. The van der Waals surface area contributed by atoms with Crippen LogP contribution < -0.4 is 0 Å². The van der Waals surface area contributed by atoms with Gasteiger partial charge in [-0.15, -0.1) is 0 Å². The number of hydrogen-bond donors (Lipinski definition) is 2. The van der Waals surface area contributed by atoms with Crippen LogP contribution in [0.15, 0.2) is 11.6 Å². The van der Waals surface area contributed by atoms with E-state index in [1.165, 1.54) is 5.57 Å². The van der Waals surface area contributed by atoms with Crippen LogP contribution in [0.5, 0.6) is 0 Å². The Morgan fingerprint density at radius 2 is 2.43 bits per heavy atom. The molecule has 1 fully saturated rings. The molecule has 0 radical (unpaired) electrons. The maximum absolute atomic E-state index is 9.55. The Morgan fingerprint density at radius 1 is 1.64 bits per heavy atom. The lowest BCUT2D eigenvalue weighted by Gasteiger charge is -2.46. The highest BCUT2D eigenvalue weighted by Crippen LogP contribution is 2.43. The maximum atomic E-state index is 9.55. The monoisotopic (exact) mass is 198 g/mol. The summed E-state index contributed by atoms with van der Waals surface area (Å²) >= 11 is 0. The zero-order valence-electron chi connectivity index (χ0n) is 8.57. The molecule has 0 spiro atoms. The smallest absolute Gasteiger partial charge is 0.0838 e. The summed E-state index contributed by atoms with van der Waals surface area (Å²) in [7, 11) is 0. The summed E-state index contributed by atoms with van der Waals surface area (Å²) in [6, 6.07) is 0. The number of aliphatic hydroxyl groups is 2. The van der Waals surface area contributed by atoms with Crippen LogP contribution in [0.2, 0.25) is 0 Å². The third-order valence-electron chi connectivity index (χ3n) is 3.48. The van der Waals surface area contributed by atoms with Crippen LogP contribution in [-0.4, -0.2) is 35.6 Å². The van der Waals surface area contributed by atoms with Gasteiger partial charge >= 0.3 is 0 Å². The number of allylic oxidation sites excluding steroid dienone is 1. The standard InChI is InChI=1S/C11H18O3/c1-8-2-3-11(7-12)5-9(13)6-14-10(11)4-8/h4,9-10,12-13H,2-3,5-7H2,1H3. The fraction of sp³-hybridized carbons (Fsp3) is 0.818. The lowest BCUT2D eigenvalue weighted by molar-refractivity contribution is -0.138. The van der Waals surface area contributed by atoms with Crippen LogP contribution in [0, 0.1) is 5.41 Å². The summed E-state index contributed by atoms with van der Waals surface area (Å²) in [6.45, 7) is 2.60. The molecule has 0 bridgehead atoms. The average molecular weight is 198 g/mol. The van der Waals surface area contributed by atoms with Crippen molar-refractivity contribution in [2.75, 3.05) is 13.2 Å².